The quantitative estimate of drug-likeness (QED) is 0.905. The molecule has 0 aliphatic carbocycles. The minimum atomic E-state index is -0.128. The highest BCUT2D eigenvalue weighted by molar-refractivity contribution is 5.81. The molecule has 0 unspecified atom stereocenters. The van der Waals surface area contributed by atoms with Crippen LogP contribution < -0.4 is 10.5 Å². The van der Waals surface area contributed by atoms with E-state index in [2.05, 4.69) is 10.1 Å². The minimum Gasteiger partial charge on any atom is -0.497 e. The summed E-state index contributed by atoms with van der Waals surface area (Å²) in [7, 11) is 1.60. The second-order valence-electron chi connectivity index (χ2n) is 4.43. The van der Waals surface area contributed by atoms with Crippen molar-refractivity contribution < 1.29 is 9.53 Å². The van der Waals surface area contributed by atoms with E-state index in [9.17, 15) is 4.79 Å². The third kappa shape index (κ3) is 2.96. The Bertz CT molecular complexity index is 590. The summed E-state index contributed by atoms with van der Waals surface area (Å²) < 4.78 is 6.27. The SMILES string of the molecule is CCCCC(=O)n1nc(-c2ccc(OC)cc2)nc1N. The Morgan fingerprint density at radius 1 is 1.35 bits per heavy atom. The number of aromatic nitrogens is 3. The van der Waals surface area contributed by atoms with Crippen LogP contribution in [0.1, 0.15) is 31.0 Å². The molecule has 6 heteroatoms. The molecule has 20 heavy (non-hydrogen) atoms. The Labute approximate surface area is 117 Å². The van der Waals surface area contributed by atoms with Gasteiger partial charge < -0.3 is 10.5 Å². The third-order valence-corrected chi connectivity index (χ3v) is 2.96. The Kier molecular flexibility index (Phi) is 4.34. The van der Waals surface area contributed by atoms with Crippen LogP contribution in [0.2, 0.25) is 0 Å². The third-order valence-electron chi connectivity index (χ3n) is 2.96. The second kappa shape index (κ2) is 6.18. The van der Waals surface area contributed by atoms with E-state index in [-0.39, 0.29) is 11.9 Å². The molecule has 0 aliphatic rings. The van der Waals surface area contributed by atoms with E-state index in [1.165, 1.54) is 4.68 Å². The molecular formula is C14H18N4O2. The molecule has 0 aliphatic heterocycles. The van der Waals surface area contributed by atoms with Crippen molar-refractivity contribution in [2.75, 3.05) is 12.8 Å². The lowest BCUT2D eigenvalue weighted by atomic mass is 10.2. The van der Waals surface area contributed by atoms with Crippen LogP contribution in [0.15, 0.2) is 24.3 Å². The zero-order valence-electron chi connectivity index (χ0n) is 11.7. The van der Waals surface area contributed by atoms with Crippen molar-refractivity contribution in [2.24, 2.45) is 0 Å². The number of carbonyl (C=O) groups is 1. The molecule has 0 bridgehead atoms. The van der Waals surface area contributed by atoms with Gasteiger partial charge in [-0.05, 0) is 30.7 Å². The minimum absolute atomic E-state index is 0.122. The summed E-state index contributed by atoms with van der Waals surface area (Å²) in [6.07, 6.45) is 2.19. The van der Waals surface area contributed by atoms with Gasteiger partial charge >= 0.3 is 0 Å². The number of nitrogens with zero attached hydrogens (tertiary/aromatic N) is 3. The molecule has 2 N–H and O–H groups in total. The summed E-state index contributed by atoms with van der Waals surface area (Å²) in [5.74, 6) is 1.18. The second-order valence-corrected chi connectivity index (χ2v) is 4.43. The van der Waals surface area contributed by atoms with Crippen molar-refractivity contribution in [3.8, 4) is 17.1 Å². The summed E-state index contributed by atoms with van der Waals surface area (Å²) in [6.45, 7) is 2.03. The van der Waals surface area contributed by atoms with E-state index < -0.39 is 0 Å². The van der Waals surface area contributed by atoms with Crippen LogP contribution >= 0.6 is 0 Å². The molecule has 0 saturated heterocycles. The van der Waals surface area contributed by atoms with Gasteiger partial charge in [-0.25, -0.2) is 0 Å². The molecule has 1 heterocycles. The molecule has 0 atom stereocenters. The first-order valence-corrected chi connectivity index (χ1v) is 6.56. The number of nitrogen functional groups attached to an aromatic ring is 1. The van der Waals surface area contributed by atoms with Gasteiger partial charge in [-0.3, -0.25) is 4.79 Å². The van der Waals surface area contributed by atoms with Crippen molar-refractivity contribution in [1.29, 1.82) is 0 Å². The number of benzene rings is 1. The molecular weight excluding hydrogens is 256 g/mol. The smallest absolute Gasteiger partial charge is 0.250 e. The molecule has 106 valence electrons. The zero-order valence-corrected chi connectivity index (χ0v) is 11.7. The monoisotopic (exact) mass is 274 g/mol. The van der Waals surface area contributed by atoms with Gasteiger partial charge in [0, 0.05) is 12.0 Å². The van der Waals surface area contributed by atoms with E-state index >= 15 is 0 Å². The molecule has 1 aromatic heterocycles. The maximum Gasteiger partial charge on any atom is 0.250 e. The lowest BCUT2D eigenvalue weighted by Crippen LogP contribution is -2.14. The fourth-order valence-corrected chi connectivity index (χ4v) is 1.80. The fourth-order valence-electron chi connectivity index (χ4n) is 1.80. The highest BCUT2D eigenvalue weighted by Gasteiger charge is 2.14. The van der Waals surface area contributed by atoms with Crippen LogP contribution in [0.3, 0.4) is 0 Å². The molecule has 2 rings (SSSR count). The van der Waals surface area contributed by atoms with E-state index in [0.717, 1.165) is 24.2 Å². The first-order chi connectivity index (χ1) is 9.65. The molecule has 0 radical (unpaired) electrons. The molecule has 0 spiro atoms. The van der Waals surface area contributed by atoms with Crippen LogP contribution in [0.25, 0.3) is 11.4 Å². The number of nitrogens with two attached hydrogens (primary N) is 1. The first kappa shape index (κ1) is 14.0. The molecule has 0 fully saturated rings. The molecule has 0 amide bonds. The number of unbranched alkanes of at least 4 members (excludes halogenated alkanes) is 1. The van der Waals surface area contributed by atoms with Crippen LogP contribution in [-0.2, 0) is 0 Å². The van der Waals surface area contributed by atoms with Gasteiger partial charge in [0.15, 0.2) is 5.82 Å². The molecule has 0 saturated carbocycles. The number of anilines is 1. The number of rotatable bonds is 5. The van der Waals surface area contributed by atoms with Crippen molar-refractivity contribution in [3.63, 3.8) is 0 Å². The zero-order chi connectivity index (χ0) is 14.5. The van der Waals surface area contributed by atoms with E-state index in [1.807, 2.05) is 31.2 Å². The van der Waals surface area contributed by atoms with Crippen molar-refractivity contribution >= 4 is 11.9 Å². The van der Waals surface area contributed by atoms with E-state index in [0.29, 0.717) is 12.2 Å². The molecule has 1 aromatic carbocycles. The average Bonchev–Trinajstić information content (AvgIpc) is 2.87. The lowest BCUT2D eigenvalue weighted by Gasteiger charge is -2.00. The van der Waals surface area contributed by atoms with Crippen molar-refractivity contribution in [3.05, 3.63) is 24.3 Å². The summed E-state index contributed by atoms with van der Waals surface area (Å²) in [4.78, 5) is 16.1. The first-order valence-electron chi connectivity index (χ1n) is 6.56. The highest BCUT2D eigenvalue weighted by Crippen LogP contribution is 2.20. The van der Waals surface area contributed by atoms with Gasteiger partial charge in [0.05, 0.1) is 7.11 Å². The standard InChI is InChI=1S/C14H18N4O2/c1-3-4-5-12(19)18-14(15)16-13(17-18)10-6-8-11(20-2)9-7-10/h6-9H,3-5H2,1-2H3,(H2,15,16,17). The Balaban J connectivity index is 2.23. The average molecular weight is 274 g/mol. The summed E-state index contributed by atoms with van der Waals surface area (Å²) in [5, 5.41) is 4.18. The lowest BCUT2D eigenvalue weighted by molar-refractivity contribution is 0.0887. The van der Waals surface area contributed by atoms with Gasteiger partial charge in [0.25, 0.3) is 0 Å². The Hall–Kier alpha value is -2.37. The van der Waals surface area contributed by atoms with E-state index in [4.69, 9.17) is 10.5 Å². The van der Waals surface area contributed by atoms with Crippen LogP contribution in [-0.4, -0.2) is 27.8 Å². The summed E-state index contributed by atoms with van der Waals surface area (Å²) in [6, 6.07) is 7.28. The maximum atomic E-state index is 11.9. The number of carbonyl (C=O) groups excluding carboxylic acids is 1. The number of methoxy groups -OCH3 is 1. The largest absolute Gasteiger partial charge is 0.497 e. The Morgan fingerprint density at radius 3 is 2.65 bits per heavy atom. The normalized spacial score (nSPS) is 10.5. The van der Waals surface area contributed by atoms with Gasteiger partial charge in [0.2, 0.25) is 11.9 Å². The maximum absolute atomic E-state index is 11.9. The van der Waals surface area contributed by atoms with Crippen molar-refractivity contribution in [1.82, 2.24) is 14.8 Å². The van der Waals surface area contributed by atoms with E-state index in [1.54, 1.807) is 7.11 Å². The Morgan fingerprint density at radius 2 is 2.05 bits per heavy atom. The van der Waals surface area contributed by atoms with Crippen LogP contribution in [0.5, 0.6) is 5.75 Å². The van der Waals surface area contributed by atoms with Gasteiger partial charge in [-0.15, -0.1) is 5.10 Å². The predicted octanol–water partition coefficient (Wildman–Crippen LogP) is 2.37. The van der Waals surface area contributed by atoms with Gasteiger partial charge in [-0.1, -0.05) is 13.3 Å². The predicted molar refractivity (Wildman–Crippen MR) is 76.6 cm³/mol. The van der Waals surface area contributed by atoms with Crippen LogP contribution in [0, 0.1) is 0 Å². The number of hydrogen-bond donors (Lipinski definition) is 1. The van der Waals surface area contributed by atoms with Crippen LogP contribution in [0.4, 0.5) is 5.95 Å². The molecule has 6 nitrogen and oxygen atoms in total. The summed E-state index contributed by atoms with van der Waals surface area (Å²) >= 11 is 0. The molecule has 2 aromatic rings. The topological polar surface area (TPSA) is 83.0 Å². The summed E-state index contributed by atoms with van der Waals surface area (Å²) in [5.41, 5.74) is 6.54. The van der Waals surface area contributed by atoms with Crippen molar-refractivity contribution in [2.45, 2.75) is 26.2 Å². The highest BCUT2D eigenvalue weighted by atomic mass is 16.5. The number of hydrogen-bond acceptors (Lipinski definition) is 5. The fraction of sp³-hybridized carbons (Fsp3) is 0.357. The van der Waals surface area contributed by atoms with Gasteiger partial charge in [-0.2, -0.15) is 9.67 Å². The van der Waals surface area contributed by atoms with Gasteiger partial charge in [0.1, 0.15) is 5.75 Å². The number of ether oxygens (including phenoxy) is 1.